The molecule has 19 heavy (non-hydrogen) atoms. The van der Waals surface area contributed by atoms with Crippen LogP contribution in [0.2, 0.25) is 0 Å². The van der Waals surface area contributed by atoms with Crippen LogP contribution < -0.4 is 16.0 Å². The minimum absolute atomic E-state index is 0.0682. The van der Waals surface area contributed by atoms with Gasteiger partial charge in [0.2, 0.25) is 5.91 Å². The summed E-state index contributed by atoms with van der Waals surface area (Å²) in [6.07, 6.45) is 1.95. The van der Waals surface area contributed by atoms with Crippen LogP contribution in [0.15, 0.2) is 11.1 Å². The van der Waals surface area contributed by atoms with Gasteiger partial charge >= 0.3 is 0 Å². The molecule has 0 atom stereocenters. The molecule has 2 aliphatic rings. The molecule has 0 aromatic carbocycles. The van der Waals surface area contributed by atoms with Gasteiger partial charge in [0.05, 0.1) is 0 Å². The number of rotatable bonds is 2. The molecule has 3 N–H and O–H groups in total. The second kappa shape index (κ2) is 4.91. The predicted octanol–water partition coefficient (Wildman–Crippen LogP) is 1.33. The lowest BCUT2D eigenvalue weighted by Crippen LogP contribution is -2.62. The van der Waals surface area contributed by atoms with Gasteiger partial charge in [0.15, 0.2) is 0 Å². The number of carbonyl (C=O) groups excluding carboxylic acids is 1. The highest BCUT2D eigenvalue weighted by atomic mass is 16.1. The van der Waals surface area contributed by atoms with Crippen molar-refractivity contribution in [1.29, 1.82) is 0 Å². The second-order valence-electron chi connectivity index (χ2n) is 7.30. The van der Waals surface area contributed by atoms with Crippen molar-refractivity contribution in [2.24, 2.45) is 0 Å². The van der Waals surface area contributed by atoms with E-state index in [1.54, 1.807) is 0 Å². The SMILES string of the molecule is CC(C(=O)NC1CC(C)(C)NC(C)(C)C1)=C1CNC1. The van der Waals surface area contributed by atoms with Crippen molar-refractivity contribution in [3.63, 3.8) is 0 Å². The zero-order chi connectivity index (χ0) is 14.3. The molecule has 108 valence electrons. The minimum atomic E-state index is 0.0682. The molecule has 4 heteroatoms. The molecule has 0 aromatic heterocycles. The van der Waals surface area contributed by atoms with Gasteiger partial charge < -0.3 is 16.0 Å². The van der Waals surface area contributed by atoms with Gasteiger partial charge in [0.1, 0.15) is 0 Å². The lowest BCUT2D eigenvalue weighted by molar-refractivity contribution is -0.118. The summed E-state index contributed by atoms with van der Waals surface area (Å²) in [6, 6.07) is 0.252. The summed E-state index contributed by atoms with van der Waals surface area (Å²) < 4.78 is 0. The van der Waals surface area contributed by atoms with Crippen molar-refractivity contribution in [2.75, 3.05) is 13.1 Å². The number of amides is 1. The first-order chi connectivity index (χ1) is 8.69. The van der Waals surface area contributed by atoms with Crippen molar-refractivity contribution in [3.05, 3.63) is 11.1 Å². The Morgan fingerprint density at radius 1 is 1.16 bits per heavy atom. The molecule has 1 amide bonds. The summed E-state index contributed by atoms with van der Waals surface area (Å²) in [7, 11) is 0. The maximum absolute atomic E-state index is 12.3. The molecule has 0 radical (unpaired) electrons. The summed E-state index contributed by atoms with van der Waals surface area (Å²) in [5.74, 6) is 0.106. The first kappa shape index (κ1) is 14.5. The van der Waals surface area contributed by atoms with E-state index in [9.17, 15) is 4.79 Å². The molecule has 0 saturated carbocycles. The fourth-order valence-corrected chi connectivity index (χ4v) is 3.39. The van der Waals surface area contributed by atoms with E-state index in [0.29, 0.717) is 0 Å². The smallest absolute Gasteiger partial charge is 0.247 e. The second-order valence-corrected chi connectivity index (χ2v) is 7.30. The monoisotopic (exact) mass is 265 g/mol. The zero-order valence-corrected chi connectivity index (χ0v) is 12.8. The number of nitrogens with one attached hydrogen (secondary N) is 3. The van der Waals surface area contributed by atoms with E-state index in [2.05, 4.69) is 43.6 Å². The Kier molecular flexibility index (Phi) is 3.76. The van der Waals surface area contributed by atoms with E-state index in [1.807, 2.05) is 6.92 Å². The Hall–Kier alpha value is -0.870. The van der Waals surface area contributed by atoms with Gasteiger partial charge in [-0.25, -0.2) is 0 Å². The number of piperidine rings is 1. The van der Waals surface area contributed by atoms with Crippen LogP contribution in [0.1, 0.15) is 47.5 Å². The number of hydrogen-bond acceptors (Lipinski definition) is 3. The van der Waals surface area contributed by atoms with Gasteiger partial charge in [-0.2, -0.15) is 0 Å². The molecule has 0 spiro atoms. The molecule has 0 aliphatic carbocycles. The van der Waals surface area contributed by atoms with E-state index >= 15 is 0 Å². The third-order valence-corrected chi connectivity index (χ3v) is 4.07. The van der Waals surface area contributed by atoms with E-state index in [0.717, 1.165) is 31.5 Å². The molecule has 4 nitrogen and oxygen atoms in total. The normalized spacial score (nSPS) is 25.6. The number of hydrogen-bond donors (Lipinski definition) is 3. The fraction of sp³-hybridized carbons (Fsp3) is 0.800. The molecule has 2 aliphatic heterocycles. The molecule has 2 saturated heterocycles. The molecular weight excluding hydrogens is 238 g/mol. The van der Waals surface area contributed by atoms with E-state index in [1.165, 1.54) is 5.57 Å². The maximum Gasteiger partial charge on any atom is 0.247 e. The van der Waals surface area contributed by atoms with Crippen LogP contribution in [0.3, 0.4) is 0 Å². The van der Waals surface area contributed by atoms with Crippen LogP contribution in [-0.2, 0) is 4.79 Å². The van der Waals surface area contributed by atoms with Gasteiger partial charge in [-0.3, -0.25) is 4.79 Å². The Morgan fingerprint density at radius 2 is 1.68 bits per heavy atom. The van der Waals surface area contributed by atoms with Crippen LogP contribution in [0.5, 0.6) is 0 Å². The van der Waals surface area contributed by atoms with Gasteiger partial charge in [0, 0.05) is 35.8 Å². The molecule has 2 heterocycles. The van der Waals surface area contributed by atoms with Crippen LogP contribution >= 0.6 is 0 Å². The predicted molar refractivity (Wildman–Crippen MR) is 78.0 cm³/mol. The van der Waals surface area contributed by atoms with Crippen LogP contribution in [0.25, 0.3) is 0 Å². The lowest BCUT2D eigenvalue weighted by Gasteiger charge is -2.46. The highest BCUT2D eigenvalue weighted by Crippen LogP contribution is 2.28. The fourth-order valence-electron chi connectivity index (χ4n) is 3.39. The Morgan fingerprint density at radius 3 is 2.11 bits per heavy atom. The number of carbonyl (C=O) groups is 1. The summed E-state index contributed by atoms with van der Waals surface area (Å²) >= 11 is 0. The van der Waals surface area contributed by atoms with Gasteiger partial charge in [-0.1, -0.05) is 0 Å². The van der Waals surface area contributed by atoms with Crippen molar-refractivity contribution >= 4 is 5.91 Å². The van der Waals surface area contributed by atoms with Crippen LogP contribution in [0.4, 0.5) is 0 Å². The molecule has 0 unspecified atom stereocenters. The molecule has 2 fully saturated rings. The highest BCUT2D eigenvalue weighted by Gasteiger charge is 2.38. The van der Waals surface area contributed by atoms with Gasteiger partial charge in [0.25, 0.3) is 0 Å². The average Bonchev–Trinajstić information content (AvgIpc) is 2.08. The zero-order valence-electron chi connectivity index (χ0n) is 12.8. The Bertz CT molecular complexity index is 388. The standard InChI is InChI=1S/C15H27N3O/c1-10(11-8-16-9-11)13(19)17-12-6-14(2,3)18-15(4,5)7-12/h12,16,18H,6-9H2,1-5H3,(H,17,19). The first-order valence-electron chi connectivity index (χ1n) is 7.18. The first-order valence-corrected chi connectivity index (χ1v) is 7.18. The Labute approximate surface area is 116 Å². The molecule has 0 aromatic rings. The summed E-state index contributed by atoms with van der Waals surface area (Å²) in [6.45, 7) is 12.5. The van der Waals surface area contributed by atoms with E-state index in [4.69, 9.17) is 0 Å². The van der Waals surface area contributed by atoms with Crippen molar-refractivity contribution in [1.82, 2.24) is 16.0 Å². The van der Waals surface area contributed by atoms with E-state index < -0.39 is 0 Å². The average molecular weight is 265 g/mol. The van der Waals surface area contributed by atoms with Crippen LogP contribution in [0, 0.1) is 0 Å². The van der Waals surface area contributed by atoms with E-state index in [-0.39, 0.29) is 23.0 Å². The third kappa shape index (κ3) is 3.57. The van der Waals surface area contributed by atoms with Crippen molar-refractivity contribution < 1.29 is 4.79 Å². The summed E-state index contributed by atoms with van der Waals surface area (Å²) in [4.78, 5) is 12.3. The van der Waals surface area contributed by atoms with Crippen molar-refractivity contribution in [2.45, 2.75) is 64.6 Å². The topological polar surface area (TPSA) is 53.2 Å². The largest absolute Gasteiger partial charge is 0.349 e. The summed E-state index contributed by atoms with van der Waals surface area (Å²) in [5.41, 5.74) is 2.27. The van der Waals surface area contributed by atoms with Crippen LogP contribution in [-0.4, -0.2) is 36.1 Å². The molecule has 2 rings (SSSR count). The molecule has 0 bridgehead atoms. The summed E-state index contributed by atoms with van der Waals surface area (Å²) in [5, 5.41) is 10.0. The van der Waals surface area contributed by atoms with Crippen molar-refractivity contribution in [3.8, 4) is 0 Å². The van der Waals surface area contributed by atoms with Gasteiger partial charge in [-0.05, 0) is 53.0 Å². The highest BCUT2D eigenvalue weighted by molar-refractivity contribution is 5.94. The third-order valence-electron chi connectivity index (χ3n) is 4.07. The lowest BCUT2D eigenvalue weighted by atomic mass is 9.79. The maximum atomic E-state index is 12.3. The van der Waals surface area contributed by atoms with Gasteiger partial charge in [-0.15, -0.1) is 0 Å². The molecular formula is C15H27N3O. The minimum Gasteiger partial charge on any atom is -0.349 e. The Balaban J connectivity index is 2.00. The quantitative estimate of drug-likeness (QED) is 0.660.